The molecule has 6 nitrogen and oxygen atoms in total. The zero-order chi connectivity index (χ0) is 14.0. The Hall–Kier alpha value is -2.42. The van der Waals surface area contributed by atoms with Gasteiger partial charge in [0.2, 0.25) is 0 Å². The van der Waals surface area contributed by atoms with Gasteiger partial charge in [-0.2, -0.15) is 10.4 Å². The van der Waals surface area contributed by atoms with Crippen molar-refractivity contribution in [2.75, 3.05) is 0 Å². The van der Waals surface area contributed by atoms with Gasteiger partial charge in [0.15, 0.2) is 5.65 Å². The highest BCUT2D eigenvalue weighted by atomic mass is 16.4. The number of hydrogen-bond acceptors (Lipinski definition) is 4. The van der Waals surface area contributed by atoms with Gasteiger partial charge in [0.25, 0.3) is 0 Å². The Kier molecular flexibility index (Phi) is 3.47. The van der Waals surface area contributed by atoms with Crippen LogP contribution in [0.15, 0.2) is 6.20 Å². The molecule has 0 spiro atoms. The van der Waals surface area contributed by atoms with E-state index in [1.54, 1.807) is 4.52 Å². The van der Waals surface area contributed by atoms with Crippen molar-refractivity contribution in [1.82, 2.24) is 14.6 Å². The Morgan fingerprint density at radius 2 is 2.21 bits per heavy atom. The number of nitriles is 1. The van der Waals surface area contributed by atoms with Gasteiger partial charge in [-0.3, -0.25) is 4.79 Å². The summed E-state index contributed by atoms with van der Waals surface area (Å²) in [4.78, 5) is 15.4. The molecule has 1 N–H and O–H groups in total. The third kappa shape index (κ3) is 2.15. The third-order valence-electron chi connectivity index (χ3n) is 3.06. The highest BCUT2D eigenvalue weighted by molar-refractivity contribution is 5.71. The minimum Gasteiger partial charge on any atom is -0.481 e. The van der Waals surface area contributed by atoms with E-state index in [0.29, 0.717) is 29.6 Å². The Morgan fingerprint density at radius 3 is 2.74 bits per heavy atom. The first-order valence-electron chi connectivity index (χ1n) is 6.12. The highest BCUT2D eigenvalue weighted by Gasteiger charge is 2.18. The monoisotopic (exact) mass is 258 g/mol. The predicted molar refractivity (Wildman–Crippen MR) is 67.8 cm³/mol. The van der Waals surface area contributed by atoms with E-state index in [2.05, 4.69) is 16.2 Å². The molecule has 0 bridgehead atoms. The minimum atomic E-state index is -0.891. The molecule has 2 heterocycles. The number of fused-ring (bicyclic) bond motifs is 1. The fourth-order valence-electron chi connectivity index (χ4n) is 2.23. The Morgan fingerprint density at radius 1 is 1.47 bits per heavy atom. The molecule has 0 aromatic carbocycles. The SMILES string of the molecule is CCc1nc2c(C#N)cnn2c(CC)c1CC(=O)O. The van der Waals surface area contributed by atoms with Gasteiger partial charge >= 0.3 is 5.97 Å². The molecule has 0 amide bonds. The van der Waals surface area contributed by atoms with E-state index in [1.807, 2.05) is 13.8 Å². The van der Waals surface area contributed by atoms with Gasteiger partial charge < -0.3 is 5.11 Å². The summed E-state index contributed by atoms with van der Waals surface area (Å²) in [6, 6.07) is 2.05. The van der Waals surface area contributed by atoms with Gasteiger partial charge in [-0.1, -0.05) is 13.8 Å². The van der Waals surface area contributed by atoms with Gasteiger partial charge in [-0.05, 0) is 12.8 Å². The van der Waals surface area contributed by atoms with Crippen molar-refractivity contribution in [1.29, 1.82) is 5.26 Å². The predicted octanol–water partition coefficient (Wildman–Crippen LogP) is 1.35. The maximum Gasteiger partial charge on any atom is 0.307 e. The number of aromatic nitrogens is 3. The molecule has 0 atom stereocenters. The zero-order valence-corrected chi connectivity index (χ0v) is 10.8. The summed E-state index contributed by atoms with van der Waals surface area (Å²) >= 11 is 0. The molecule has 2 rings (SSSR count). The second-order valence-electron chi connectivity index (χ2n) is 4.17. The second-order valence-corrected chi connectivity index (χ2v) is 4.17. The van der Waals surface area contributed by atoms with E-state index in [0.717, 1.165) is 11.4 Å². The molecule has 0 fully saturated rings. The van der Waals surface area contributed by atoms with Crippen LogP contribution in [0.2, 0.25) is 0 Å². The van der Waals surface area contributed by atoms with Crippen LogP contribution in [0.1, 0.15) is 36.4 Å². The van der Waals surface area contributed by atoms with Crippen molar-refractivity contribution in [2.24, 2.45) is 0 Å². The lowest BCUT2D eigenvalue weighted by molar-refractivity contribution is -0.136. The van der Waals surface area contributed by atoms with Crippen LogP contribution in [0.5, 0.6) is 0 Å². The first-order chi connectivity index (χ1) is 9.12. The number of aryl methyl sites for hydroxylation is 2. The Labute approximate surface area is 110 Å². The fourth-order valence-corrected chi connectivity index (χ4v) is 2.23. The summed E-state index contributed by atoms with van der Waals surface area (Å²) in [5.41, 5.74) is 3.16. The van der Waals surface area contributed by atoms with E-state index in [9.17, 15) is 4.79 Å². The molecule has 0 aliphatic carbocycles. The maximum atomic E-state index is 11.0. The van der Waals surface area contributed by atoms with Crippen LogP contribution in [0.4, 0.5) is 0 Å². The van der Waals surface area contributed by atoms with Gasteiger partial charge in [0.1, 0.15) is 11.6 Å². The number of carbonyl (C=O) groups is 1. The van der Waals surface area contributed by atoms with Crippen LogP contribution < -0.4 is 0 Å². The van der Waals surface area contributed by atoms with Crippen LogP contribution in [0.25, 0.3) is 5.65 Å². The maximum absolute atomic E-state index is 11.0. The molecule has 0 unspecified atom stereocenters. The molecule has 98 valence electrons. The van der Waals surface area contributed by atoms with Crippen molar-refractivity contribution in [2.45, 2.75) is 33.1 Å². The number of aliphatic carboxylic acids is 1. The first-order valence-corrected chi connectivity index (χ1v) is 6.12. The largest absolute Gasteiger partial charge is 0.481 e. The van der Waals surface area contributed by atoms with Gasteiger partial charge in [0.05, 0.1) is 12.6 Å². The van der Waals surface area contributed by atoms with Crippen LogP contribution in [-0.4, -0.2) is 25.7 Å². The molecule has 2 aromatic rings. The van der Waals surface area contributed by atoms with Crippen LogP contribution >= 0.6 is 0 Å². The average Bonchev–Trinajstić information content (AvgIpc) is 2.79. The van der Waals surface area contributed by atoms with E-state index in [-0.39, 0.29) is 6.42 Å². The zero-order valence-electron chi connectivity index (χ0n) is 10.8. The number of hydrogen-bond donors (Lipinski definition) is 1. The normalized spacial score (nSPS) is 10.6. The summed E-state index contributed by atoms with van der Waals surface area (Å²) < 4.78 is 1.58. The Balaban J connectivity index is 2.79. The smallest absolute Gasteiger partial charge is 0.307 e. The summed E-state index contributed by atoms with van der Waals surface area (Å²) in [7, 11) is 0. The third-order valence-corrected chi connectivity index (χ3v) is 3.06. The van der Waals surface area contributed by atoms with E-state index in [1.165, 1.54) is 6.20 Å². The molecule has 0 radical (unpaired) electrons. The van der Waals surface area contributed by atoms with E-state index in [4.69, 9.17) is 10.4 Å². The molecular weight excluding hydrogens is 244 g/mol. The van der Waals surface area contributed by atoms with Crippen LogP contribution in [0, 0.1) is 11.3 Å². The summed E-state index contributed by atoms with van der Waals surface area (Å²) in [6.45, 7) is 3.86. The standard InChI is InChI=1S/C13H14N4O2/c1-3-10-9(5-12(18)19)11(4-2)17-13(16-10)8(6-14)7-15-17/h7H,3-5H2,1-2H3,(H,18,19). The average molecular weight is 258 g/mol. The first kappa shape index (κ1) is 13.0. The van der Waals surface area contributed by atoms with Gasteiger partial charge in [-0.15, -0.1) is 0 Å². The van der Waals surface area contributed by atoms with Crippen molar-refractivity contribution in [3.05, 3.63) is 28.7 Å². The topological polar surface area (TPSA) is 91.3 Å². The number of carboxylic acids is 1. The molecule has 0 saturated heterocycles. The van der Waals surface area contributed by atoms with E-state index < -0.39 is 5.97 Å². The lowest BCUT2D eigenvalue weighted by Gasteiger charge is -2.12. The van der Waals surface area contributed by atoms with Crippen LogP contribution in [0.3, 0.4) is 0 Å². The molecule has 2 aromatic heterocycles. The molecule has 0 aliphatic heterocycles. The number of rotatable bonds is 4. The fraction of sp³-hybridized carbons (Fsp3) is 0.385. The lowest BCUT2D eigenvalue weighted by Crippen LogP contribution is -2.13. The van der Waals surface area contributed by atoms with Gasteiger partial charge in [-0.25, -0.2) is 9.50 Å². The van der Waals surface area contributed by atoms with Crippen molar-refractivity contribution >= 4 is 11.6 Å². The minimum absolute atomic E-state index is 0.0724. The molecule has 0 saturated carbocycles. The number of carboxylic acid groups (broad SMARTS) is 1. The molecule has 19 heavy (non-hydrogen) atoms. The molecule has 0 aliphatic rings. The quantitative estimate of drug-likeness (QED) is 0.893. The number of nitrogens with zero attached hydrogens (tertiary/aromatic N) is 4. The highest BCUT2D eigenvalue weighted by Crippen LogP contribution is 2.19. The van der Waals surface area contributed by atoms with E-state index >= 15 is 0 Å². The van der Waals surface area contributed by atoms with Crippen molar-refractivity contribution < 1.29 is 9.90 Å². The molecular formula is C13H14N4O2. The lowest BCUT2D eigenvalue weighted by atomic mass is 10.0. The van der Waals surface area contributed by atoms with Gasteiger partial charge in [0, 0.05) is 17.0 Å². The second kappa shape index (κ2) is 5.06. The summed E-state index contributed by atoms with van der Waals surface area (Å²) in [6.07, 6.45) is 2.66. The van der Waals surface area contributed by atoms with Crippen molar-refractivity contribution in [3.63, 3.8) is 0 Å². The van der Waals surface area contributed by atoms with Crippen molar-refractivity contribution in [3.8, 4) is 6.07 Å². The summed E-state index contributed by atoms with van der Waals surface area (Å²) in [5, 5.41) is 22.2. The van der Waals surface area contributed by atoms with Crippen LogP contribution in [-0.2, 0) is 24.1 Å². The molecule has 6 heteroatoms. The summed E-state index contributed by atoms with van der Waals surface area (Å²) in [5.74, 6) is -0.891. The Bertz CT molecular complexity index is 682.